The van der Waals surface area contributed by atoms with Gasteiger partial charge in [-0.25, -0.2) is 4.98 Å². The predicted molar refractivity (Wildman–Crippen MR) is 106 cm³/mol. The molecule has 3 aromatic rings. The number of thiophene rings is 1. The fourth-order valence-electron chi connectivity index (χ4n) is 3.48. The lowest BCUT2D eigenvalue weighted by atomic mass is 10.2. The van der Waals surface area contributed by atoms with Gasteiger partial charge in [-0.05, 0) is 43.3 Å². The van der Waals surface area contributed by atoms with E-state index in [1.54, 1.807) is 11.3 Å². The first kappa shape index (κ1) is 17.2. The number of hydrogen-bond acceptors (Lipinski definition) is 6. The van der Waals surface area contributed by atoms with Gasteiger partial charge in [-0.15, -0.1) is 11.3 Å². The van der Waals surface area contributed by atoms with Gasteiger partial charge in [-0.1, -0.05) is 6.07 Å². The number of pyridine rings is 1. The molecule has 1 aliphatic heterocycles. The number of aryl methyl sites for hydroxylation is 2. The Morgan fingerprint density at radius 1 is 1.15 bits per heavy atom. The second kappa shape index (κ2) is 7.60. The molecular formula is C20H24N4OS. The van der Waals surface area contributed by atoms with Gasteiger partial charge >= 0.3 is 0 Å². The lowest BCUT2D eigenvalue weighted by Crippen LogP contribution is -2.31. The Kier molecular flexibility index (Phi) is 5.04. The van der Waals surface area contributed by atoms with Crippen molar-refractivity contribution in [3.05, 3.63) is 53.0 Å². The predicted octanol–water partition coefficient (Wildman–Crippen LogP) is 4.13. The van der Waals surface area contributed by atoms with Crippen LogP contribution in [0.15, 0.2) is 40.4 Å². The van der Waals surface area contributed by atoms with Crippen LogP contribution < -0.4 is 4.90 Å². The van der Waals surface area contributed by atoms with Crippen LogP contribution in [0.1, 0.15) is 23.4 Å². The Bertz CT molecular complexity index is 859. The van der Waals surface area contributed by atoms with Gasteiger partial charge in [0, 0.05) is 50.8 Å². The molecule has 1 saturated heterocycles. The highest BCUT2D eigenvalue weighted by molar-refractivity contribution is 7.13. The van der Waals surface area contributed by atoms with Crippen LogP contribution in [-0.4, -0.2) is 41.0 Å². The molecule has 0 N–H and O–H groups in total. The van der Waals surface area contributed by atoms with Gasteiger partial charge in [0.05, 0.1) is 10.6 Å². The van der Waals surface area contributed by atoms with Gasteiger partial charge in [-0.3, -0.25) is 9.88 Å². The summed E-state index contributed by atoms with van der Waals surface area (Å²) in [6.45, 7) is 9.23. The molecule has 0 radical (unpaired) electrons. The summed E-state index contributed by atoms with van der Waals surface area (Å²) in [5, 5.41) is 2.05. The maximum absolute atomic E-state index is 5.89. The maximum Gasteiger partial charge on any atom is 0.236 e. The first-order valence-corrected chi connectivity index (χ1v) is 9.97. The largest absolute Gasteiger partial charge is 0.440 e. The summed E-state index contributed by atoms with van der Waals surface area (Å²) in [5.41, 5.74) is 3.61. The minimum Gasteiger partial charge on any atom is -0.440 e. The zero-order valence-corrected chi connectivity index (χ0v) is 16.1. The molecule has 4 heterocycles. The zero-order valence-electron chi connectivity index (χ0n) is 15.3. The maximum atomic E-state index is 5.89. The highest BCUT2D eigenvalue weighted by Crippen LogP contribution is 2.27. The summed E-state index contributed by atoms with van der Waals surface area (Å²) in [6.07, 6.45) is 4.98. The molecule has 0 saturated carbocycles. The van der Waals surface area contributed by atoms with Crippen molar-refractivity contribution in [1.29, 1.82) is 0 Å². The van der Waals surface area contributed by atoms with Crippen molar-refractivity contribution in [2.45, 2.75) is 26.8 Å². The number of rotatable bonds is 4. The molecule has 136 valence electrons. The minimum atomic E-state index is 0.747. The van der Waals surface area contributed by atoms with Gasteiger partial charge in [-0.2, -0.15) is 0 Å². The van der Waals surface area contributed by atoms with Gasteiger partial charge in [0.2, 0.25) is 5.89 Å². The van der Waals surface area contributed by atoms with Crippen LogP contribution in [0.2, 0.25) is 0 Å². The van der Waals surface area contributed by atoms with Crippen LogP contribution in [0.4, 0.5) is 5.69 Å². The summed E-state index contributed by atoms with van der Waals surface area (Å²) in [6, 6.07) is 6.21. The third-order valence-electron chi connectivity index (χ3n) is 4.92. The first-order valence-electron chi connectivity index (χ1n) is 9.09. The van der Waals surface area contributed by atoms with E-state index in [4.69, 9.17) is 9.40 Å². The van der Waals surface area contributed by atoms with Gasteiger partial charge in [0.1, 0.15) is 5.76 Å². The fraction of sp³-hybridized carbons (Fsp3) is 0.400. The summed E-state index contributed by atoms with van der Waals surface area (Å²) in [7, 11) is 0. The van der Waals surface area contributed by atoms with Crippen LogP contribution in [0.3, 0.4) is 0 Å². The Labute approximate surface area is 158 Å². The fourth-order valence-corrected chi connectivity index (χ4v) is 4.13. The van der Waals surface area contributed by atoms with E-state index in [1.807, 2.05) is 25.4 Å². The third-order valence-corrected chi connectivity index (χ3v) is 5.78. The van der Waals surface area contributed by atoms with E-state index in [0.29, 0.717) is 0 Å². The molecule has 6 heteroatoms. The number of oxazole rings is 1. The Hall–Kier alpha value is -2.18. The first-order chi connectivity index (χ1) is 12.7. The molecule has 0 atom stereocenters. The summed E-state index contributed by atoms with van der Waals surface area (Å²) >= 11 is 1.67. The Balaban J connectivity index is 1.43. The molecule has 0 aromatic carbocycles. The number of hydrogen-bond donors (Lipinski definition) is 0. The van der Waals surface area contributed by atoms with Crippen LogP contribution in [-0.2, 0) is 6.54 Å². The summed E-state index contributed by atoms with van der Waals surface area (Å²) in [5.74, 6) is 1.68. The molecule has 3 aromatic heterocycles. The van der Waals surface area contributed by atoms with Crippen molar-refractivity contribution in [1.82, 2.24) is 14.9 Å². The third kappa shape index (κ3) is 3.66. The Morgan fingerprint density at radius 2 is 2.08 bits per heavy atom. The van der Waals surface area contributed by atoms with Crippen molar-refractivity contribution in [3.8, 4) is 10.8 Å². The lowest BCUT2D eigenvalue weighted by Gasteiger charge is -2.24. The van der Waals surface area contributed by atoms with Crippen molar-refractivity contribution < 1.29 is 4.42 Å². The van der Waals surface area contributed by atoms with Crippen molar-refractivity contribution >= 4 is 17.0 Å². The molecule has 5 nitrogen and oxygen atoms in total. The summed E-state index contributed by atoms with van der Waals surface area (Å²) in [4.78, 5) is 15.0. The molecule has 0 bridgehead atoms. The molecular weight excluding hydrogens is 344 g/mol. The average Bonchev–Trinajstić information content (AvgIpc) is 3.22. The number of nitrogens with zero attached hydrogens (tertiary/aromatic N) is 4. The van der Waals surface area contributed by atoms with Crippen LogP contribution in [0.25, 0.3) is 10.8 Å². The van der Waals surface area contributed by atoms with E-state index in [2.05, 4.69) is 39.2 Å². The molecule has 0 amide bonds. The van der Waals surface area contributed by atoms with Crippen LogP contribution in [0.5, 0.6) is 0 Å². The zero-order chi connectivity index (χ0) is 17.9. The second-order valence-corrected chi connectivity index (χ2v) is 7.73. The smallest absolute Gasteiger partial charge is 0.236 e. The van der Waals surface area contributed by atoms with E-state index in [0.717, 1.165) is 61.4 Å². The van der Waals surface area contributed by atoms with E-state index in [9.17, 15) is 0 Å². The van der Waals surface area contributed by atoms with Crippen molar-refractivity contribution in [2.75, 3.05) is 31.1 Å². The molecule has 0 spiro atoms. The SMILES string of the molecule is Cc1cnccc1N1CCCN(Cc2nc(-c3cccs3)oc2C)CC1. The van der Waals surface area contributed by atoms with Crippen molar-refractivity contribution in [3.63, 3.8) is 0 Å². The van der Waals surface area contributed by atoms with E-state index in [1.165, 1.54) is 11.3 Å². The number of anilines is 1. The molecule has 0 unspecified atom stereocenters. The van der Waals surface area contributed by atoms with Gasteiger partial charge in [0.25, 0.3) is 0 Å². The van der Waals surface area contributed by atoms with Crippen molar-refractivity contribution in [2.24, 2.45) is 0 Å². The Morgan fingerprint density at radius 3 is 2.88 bits per heavy atom. The molecule has 4 rings (SSSR count). The molecule has 26 heavy (non-hydrogen) atoms. The van der Waals surface area contributed by atoms with Crippen LogP contribution >= 0.6 is 11.3 Å². The molecule has 0 aliphatic carbocycles. The number of aromatic nitrogens is 2. The lowest BCUT2D eigenvalue weighted by molar-refractivity contribution is 0.281. The normalized spacial score (nSPS) is 16.0. The second-order valence-electron chi connectivity index (χ2n) is 6.78. The monoisotopic (exact) mass is 368 g/mol. The van der Waals surface area contributed by atoms with Gasteiger partial charge < -0.3 is 9.32 Å². The van der Waals surface area contributed by atoms with Crippen LogP contribution in [0, 0.1) is 13.8 Å². The minimum absolute atomic E-state index is 0.747. The standard InChI is InChI=1S/C20H24N4OS/c1-15-13-21-7-6-18(15)24-9-4-8-23(10-11-24)14-17-16(2)25-20(22-17)19-5-3-12-26-19/h3,5-7,12-13H,4,8-11,14H2,1-2H3. The highest BCUT2D eigenvalue weighted by atomic mass is 32.1. The average molecular weight is 369 g/mol. The summed E-state index contributed by atoms with van der Waals surface area (Å²) < 4.78 is 5.89. The highest BCUT2D eigenvalue weighted by Gasteiger charge is 2.19. The quantitative estimate of drug-likeness (QED) is 0.693. The van der Waals surface area contributed by atoms with E-state index < -0.39 is 0 Å². The van der Waals surface area contributed by atoms with Gasteiger partial charge in [0.15, 0.2) is 0 Å². The molecule has 1 aliphatic rings. The molecule has 1 fully saturated rings. The van der Waals surface area contributed by atoms with E-state index >= 15 is 0 Å². The topological polar surface area (TPSA) is 45.4 Å². The van der Waals surface area contributed by atoms with E-state index in [-0.39, 0.29) is 0 Å².